The molecule has 0 aliphatic carbocycles. The summed E-state index contributed by atoms with van der Waals surface area (Å²) in [6, 6.07) is 13.7. The largest absolute Gasteiger partial charge is 0.324 e. The Morgan fingerprint density at radius 1 is 1.21 bits per heavy atom. The van der Waals surface area contributed by atoms with Crippen molar-refractivity contribution in [1.29, 1.82) is 0 Å². The number of unbranched alkanes of at least 4 members (excludes halogenated alkanes) is 1. The topological polar surface area (TPSA) is 61.8 Å². The van der Waals surface area contributed by atoms with Crippen molar-refractivity contribution in [3.8, 4) is 0 Å². The Morgan fingerprint density at radius 2 is 1.93 bits per heavy atom. The number of hydrogen-bond donors (Lipinski definition) is 1. The third kappa shape index (κ3) is 5.23. The van der Waals surface area contributed by atoms with E-state index >= 15 is 0 Å². The summed E-state index contributed by atoms with van der Waals surface area (Å²) in [6.07, 6.45) is 1.77. The highest BCUT2D eigenvalue weighted by Crippen LogP contribution is 2.33. The summed E-state index contributed by atoms with van der Waals surface area (Å²) >= 11 is 1.30. The van der Waals surface area contributed by atoms with Crippen LogP contribution in [0.1, 0.15) is 31.7 Å². The van der Waals surface area contributed by atoms with Crippen LogP contribution >= 0.6 is 11.8 Å². The number of nitrogens with zero attached hydrogens (tertiary/aromatic N) is 2. The molecule has 3 rings (SSSR count). The quantitative estimate of drug-likeness (QED) is 0.703. The highest BCUT2D eigenvalue weighted by Gasteiger charge is 2.38. The molecule has 2 aromatic carbocycles. The van der Waals surface area contributed by atoms with Gasteiger partial charge >= 0.3 is 0 Å². The van der Waals surface area contributed by atoms with Crippen LogP contribution < -0.4 is 5.32 Å². The standard InChI is InChI=1S/C22H24FN3O2S/c1-3-4-13-26-21(28)19(14-20(27)24-18-12-8-6-10-16(18)23)29-22(26)25-17-11-7-5-9-15(17)2/h5-12,19H,3-4,13-14H2,1-2H3,(H,24,27). The number of anilines is 1. The fraction of sp³-hybridized carbons (Fsp3) is 0.318. The molecule has 152 valence electrons. The molecule has 0 bridgehead atoms. The molecule has 29 heavy (non-hydrogen) atoms. The van der Waals surface area contributed by atoms with Crippen LogP contribution in [-0.2, 0) is 9.59 Å². The van der Waals surface area contributed by atoms with Crippen molar-refractivity contribution in [3.63, 3.8) is 0 Å². The van der Waals surface area contributed by atoms with Gasteiger partial charge in [-0.1, -0.05) is 55.4 Å². The molecule has 1 N–H and O–H groups in total. The number of amidine groups is 1. The van der Waals surface area contributed by atoms with E-state index in [0.29, 0.717) is 11.7 Å². The maximum absolute atomic E-state index is 13.8. The molecule has 1 unspecified atom stereocenters. The lowest BCUT2D eigenvalue weighted by molar-refractivity contribution is -0.128. The van der Waals surface area contributed by atoms with Gasteiger partial charge in [-0.15, -0.1) is 0 Å². The summed E-state index contributed by atoms with van der Waals surface area (Å²) in [5.74, 6) is -1.02. The van der Waals surface area contributed by atoms with E-state index in [1.165, 1.54) is 23.9 Å². The number of benzene rings is 2. The number of aliphatic imine (C=N–C) groups is 1. The van der Waals surface area contributed by atoms with Crippen molar-refractivity contribution in [3.05, 3.63) is 59.9 Å². The first kappa shape index (κ1) is 21.0. The lowest BCUT2D eigenvalue weighted by Crippen LogP contribution is -2.34. The second kappa shape index (κ2) is 9.69. The minimum Gasteiger partial charge on any atom is -0.324 e. The van der Waals surface area contributed by atoms with Gasteiger partial charge in [0.05, 0.1) is 11.4 Å². The Bertz CT molecular complexity index is 932. The Balaban J connectivity index is 1.76. The predicted molar refractivity (Wildman–Crippen MR) is 116 cm³/mol. The van der Waals surface area contributed by atoms with Crippen LogP contribution in [-0.4, -0.2) is 33.7 Å². The maximum atomic E-state index is 13.8. The Labute approximate surface area is 174 Å². The monoisotopic (exact) mass is 413 g/mol. The maximum Gasteiger partial charge on any atom is 0.242 e. The van der Waals surface area contributed by atoms with Gasteiger partial charge in [0, 0.05) is 13.0 Å². The number of rotatable bonds is 7. The number of thioether (sulfide) groups is 1. The zero-order valence-electron chi connectivity index (χ0n) is 16.5. The molecule has 1 aliphatic heterocycles. The van der Waals surface area contributed by atoms with Gasteiger partial charge in [0.15, 0.2) is 5.17 Å². The molecule has 1 aliphatic rings. The van der Waals surface area contributed by atoms with Crippen molar-refractivity contribution < 1.29 is 14.0 Å². The fourth-order valence-corrected chi connectivity index (χ4v) is 4.15. The number of halogens is 1. The molecule has 0 aromatic heterocycles. The highest BCUT2D eigenvalue weighted by molar-refractivity contribution is 8.15. The zero-order chi connectivity index (χ0) is 20.8. The Kier molecular flexibility index (Phi) is 7.04. The van der Waals surface area contributed by atoms with E-state index in [4.69, 9.17) is 4.99 Å². The molecule has 1 fully saturated rings. The highest BCUT2D eigenvalue weighted by atomic mass is 32.2. The van der Waals surface area contributed by atoms with Crippen LogP contribution in [0, 0.1) is 12.7 Å². The molecule has 0 radical (unpaired) electrons. The van der Waals surface area contributed by atoms with Crippen molar-refractivity contribution >= 4 is 40.1 Å². The Morgan fingerprint density at radius 3 is 2.66 bits per heavy atom. The van der Waals surface area contributed by atoms with Gasteiger partial charge < -0.3 is 5.32 Å². The number of amides is 2. The minimum absolute atomic E-state index is 0.0345. The number of nitrogens with one attached hydrogen (secondary N) is 1. The molecule has 0 spiro atoms. The van der Waals surface area contributed by atoms with Crippen molar-refractivity contribution in [1.82, 2.24) is 4.90 Å². The van der Waals surface area contributed by atoms with Gasteiger partial charge in [-0.05, 0) is 37.1 Å². The molecule has 1 heterocycles. The summed E-state index contributed by atoms with van der Waals surface area (Å²) in [4.78, 5) is 31.7. The van der Waals surface area contributed by atoms with Crippen molar-refractivity contribution in [2.75, 3.05) is 11.9 Å². The van der Waals surface area contributed by atoms with Gasteiger partial charge in [-0.25, -0.2) is 9.38 Å². The van der Waals surface area contributed by atoms with Crippen molar-refractivity contribution in [2.45, 2.75) is 38.4 Å². The third-order valence-electron chi connectivity index (χ3n) is 4.61. The number of aryl methyl sites for hydroxylation is 1. The lowest BCUT2D eigenvalue weighted by Gasteiger charge is -2.16. The average Bonchev–Trinajstić information content (AvgIpc) is 2.98. The van der Waals surface area contributed by atoms with Crippen LogP contribution in [0.2, 0.25) is 0 Å². The summed E-state index contributed by atoms with van der Waals surface area (Å²) < 4.78 is 13.8. The summed E-state index contributed by atoms with van der Waals surface area (Å²) in [5, 5.41) is 2.60. The minimum atomic E-state index is -0.568. The molecule has 7 heteroatoms. The summed E-state index contributed by atoms with van der Waals surface area (Å²) in [5.41, 5.74) is 1.94. The second-order valence-electron chi connectivity index (χ2n) is 6.86. The first-order valence-corrected chi connectivity index (χ1v) is 10.5. The van der Waals surface area contributed by atoms with Gasteiger partial charge in [-0.3, -0.25) is 14.5 Å². The van der Waals surface area contributed by atoms with E-state index in [-0.39, 0.29) is 18.0 Å². The van der Waals surface area contributed by atoms with Gasteiger partial charge in [0.25, 0.3) is 0 Å². The number of carbonyl (C=O) groups is 2. The number of carbonyl (C=O) groups excluding carboxylic acids is 2. The Hall–Kier alpha value is -2.67. The molecule has 5 nitrogen and oxygen atoms in total. The van der Waals surface area contributed by atoms with E-state index in [2.05, 4.69) is 12.2 Å². The van der Waals surface area contributed by atoms with Crippen LogP contribution in [0.15, 0.2) is 53.5 Å². The third-order valence-corrected chi connectivity index (χ3v) is 5.78. The lowest BCUT2D eigenvalue weighted by atomic mass is 10.2. The zero-order valence-corrected chi connectivity index (χ0v) is 17.3. The average molecular weight is 414 g/mol. The van der Waals surface area contributed by atoms with E-state index < -0.39 is 17.0 Å². The fourth-order valence-electron chi connectivity index (χ4n) is 2.97. The van der Waals surface area contributed by atoms with Crippen LogP contribution in [0.4, 0.5) is 15.8 Å². The molecular weight excluding hydrogens is 389 g/mol. The van der Waals surface area contributed by atoms with E-state index in [1.807, 2.05) is 31.2 Å². The molecule has 1 saturated heterocycles. The van der Waals surface area contributed by atoms with Crippen LogP contribution in [0.3, 0.4) is 0 Å². The predicted octanol–water partition coefficient (Wildman–Crippen LogP) is 4.89. The van der Waals surface area contributed by atoms with Gasteiger partial charge in [0.1, 0.15) is 11.1 Å². The van der Waals surface area contributed by atoms with E-state index in [9.17, 15) is 14.0 Å². The van der Waals surface area contributed by atoms with E-state index in [0.717, 1.165) is 24.1 Å². The van der Waals surface area contributed by atoms with E-state index in [1.54, 1.807) is 17.0 Å². The first-order valence-electron chi connectivity index (χ1n) is 9.66. The molecule has 2 amide bonds. The number of hydrogen-bond acceptors (Lipinski definition) is 4. The summed E-state index contributed by atoms with van der Waals surface area (Å²) in [6.45, 7) is 4.60. The smallest absolute Gasteiger partial charge is 0.242 e. The normalized spacial score (nSPS) is 17.8. The SMILES string of the molecule is CCCCN1C(=O)C(CC(=O)Nc2ccccc2F)SC1=Nc1ccccc1C. The number of para-hydroxylation sites is 2. The molecule has 0 saturated carbocycles. The summed E-state index contributed by atoms with van der Waals surface area (Å²) in [7, 11) is 0. The van der Waals surface area contributed by atoms with Crippen molar-refractivity contribution in [2.24, 2.45) is 4.99 Å². The first-order chi connectivity index (χ1) is 14.0. The van der Waals surface area contributed by atoms with Crippen LogP contribution in [0.5, 0.6) is 0 Å². The van der Waals surface area contributed by atoms with Gasteiger partial charge in [-0.2, -0.15) is 0 Å². The second-order valence-corrected chi connectivity index (χ2v) is 8.03. The van der Waals surface area contributed by atoms with Crippen LogP contribution in [0.25, 0.3) is 0 Å². The molecular formula is C22H24FN3O2S. The molecule has 1 atom stereocenters. The molecule has 2 aromatic rings. The van der Waals surface area contributed by atoms with Gasteiger partial charge in [0.2, 0.25) is 11.8 Å².